The zero-order valence-electron chi connectivity index (χ0n) is 11.3. The molecule has 0 unspecified atom stereocenters. The smallest absolute Gasteiger partial charge is 0.277 e. The number of aromatic nitrogens is 4. The van der Waals surface area contributed by atoms with E-state index in [-0.39, 0.29) is 5.56 Å². The standard InChI is InChI=1S/C12H17N5OS/c1-4-5-6-17-11(18)9(7-8(2)16-17)10-14-15-12(13-3)19-10/h7H,4-6H2,1-3H3,(H,13,15). The van der Waals surface area contributed by atoms with Gasteiger partial charge in [0.05, 0.1) is 11.3 Å². The maximum absolute atomic E-state index is 12.3. The van der Waals surface area contributed by atoms with Gasteiger partial charge in [-0.25, -0.2) is 4.68 Å². The van der Waals surface area contributed by atoms with Crippen LogP contribution in [0.2, 0.25) is 0 Å². The Balaban J connectivity index is 2.45. The summed E-state index contributed by atoms with van der Waals surface area (Å²) in [4.78, 5) is 12.3. The molecule has 0 fully saturated rings. The lowest BCUT2D eigenvalue weighted by Gasteiger charge is -2.06. The minimum Gasteiger partial charge on any atom is -0.363 e. The quantitative estimate of drug-likeness (QED) is 0.905. The molecule has 0 aromatic carbocycles. The number of hydrogen-bond acceptors (Lipinski definition) is 6. The summed E-state index contributed by atoms with van der Waals surface area (Å²) < 4.78 is 1.52. The summed E-state index contributed by atoms with van der Waals surface area (Å²) in [5.41, 5.74) is 1.28. The van der Waals surface area contributed by atoms with Gasteiger partial charge in [-0.3, -0.25) is 4.79 Å². The third-order valence-corrected chi connectivity index (χ3v) is 3.66. The van der Waals surface area contributed by atoms with E-state index in [1.54, 1.807) is 13.1 Å². The number of anilines is 1. The van der Waals surface area contributed by atoms with Gasteiger partial charge in [-0.05, 0) is 19.4 Å². The van der Waals surface area contributed by atoms with E-state index >= 15 is 0 Å². The van der Waals surface area contributed by atoms with E-state index in [4.69, 9.17) is 0 Å². The molecule has 0 saturated carbocycles. The molecular formula is C12H17N5OS. The fourth-order valence-corrected chi connectivity index (χ4v) is 2.42. The monoisotopic (exact) mass is 279 g/mol. The lowest BCUT2D eigenvalue weighted by atomic mass is 10.2. The molecule has 2 rings (SSSR count). The lowest BCUT2D eigenvalue weighted by molar-refractivity contribution is 0.538. The van der Waals surface area contributed by atoms with Gasteiger partial charge < -0.3 is 5.32 Å². The fourth-order valence-electron chi connectivity index (χ4n) is 1.72. The third kappa shape index (κ3) is 2.98. The van der Waals surface area contributed by atoms with Crippen LogP contribution in [0.1, 0.15) is 25.5 Å². The Morgan fingerprint density at radius 3 is 2.84 bits per heavy atom. The van der Waals surface area contributed by atoms with E-state index < -0.39 is 0 Å². The fraction of sp³-hybridized carbons (Fsp3) is 0.500. The molecule has 102 valence electrons. The molecular weight excluding hydrogens is 262 g/mol. The second kappa shape index (κ2) is 5.92. The van der Waals surface area contributed by atoms with Crippen LogP contribution >= 0.6 is 11.3 Å². The molecule has 0 radical (unpaired) electrons. The Kier molecular flexibility index (Phi) is 4.26. The Bertz CT molecular complexity index is 619. The average molecular weight is 279 g/mol. The number of hydrogen-bond donors (Lipinski definition) is 1. The van der Waals surface area contributed by atoms with Gasteiger partial charge in [0.1, 0.15) is 0 Å². The number of aryl methyl sites for hydroxylation is 2. The first-order chi connectivity index (χ1) is 9.15. The Labute approximate surface area is 115 Å². The van der Waals surface area contributed by atoms with Gasteiger partial charge in [0.15, 0.2) is 5.01 Å². The number of nitrogens with one attached hydrogen (secondary N) is 1. The van der Waals surface area contributed by atoms with E-state index in [0.717, 1.165) is 18.5 Å². The molecule has 6 nitrogen and oxygen atoms in total. The van der Waals surface area contributed by atoms with Crippen LogP contribution in [-0.4, -0.2) is 27.0 Å². The number of rotatable bonds is 5. The van der Waals surface area contributed by atoms with Crippen molar-refractivity contribution in [1.82, 2.24) is 20.0 Å². The zero-order chi connectivity index (χ0) is 13.8. The minimum atomic E-state index is -0.0992. The van der Waals surface area contributed by atoms with Crippen molar-refractivity contribution in [2.24, 2.45) is 0 Å². The topological polar surface area (TPSA) is 72.7 Å². The van der Waals surface area contributed by atoms with Crippen molar-refractivity contribution >= 4 is 16.5 Å². The van der Waals surface area contributed by atoms with E-state index in [9.17, 15) is 4.79 Å². The second-order valence-corrected chi connectivity index (χ2v) is 5.22. The van der Waals surface area contributed by atoms with E-state index in [1.807, 2.05) is 6.92 Å². The molecule has 0 aliphatic rings. The van der Waals surface area contributed by atoms with Gasteiger partial charge in [0.2, 0.25) is 5.13 Å². The van der Waals surface area contributed by atoms with Crippen molar-refractivity contribution in [3.8, 4) is 10.6 Å². The number of nitrogens with zero attached hydrogens (tertiary/aromatic N) is 4. The van der Waals surface area contributed by atoms with Crippen LogP contribution in [0.15, 0.2) is 10.9 Å². The second-order valence-electron chi connectivity index (χ2n) is 4.24. The van der Waals surface area contributed by atoms with Crippen molar-refractivity contribution in [2.45, 2.75) is 33.2 Å². The molecule has 2 heterocycles. The highest BCUT2D eigenvalue weighted by molar-refractivity contribution is 7.18. The van der Waals surface area contributed by atoms with Crippen molar-refractivity contribution in [1.29, 1.82) is 0 Å². The lowest BCUT2D eigenvalue weighted by Crippen LogP contribution is -2.25. The third-order valence-electron chi connectivity index (χ3n) is 2.69. The molecule has 0 amide bonds. The van der Waals surface area contributed by atoms with Gasteiger partial charge in [-0.1, -0.05) is 24.7 Å². The van der Waals surface area contributed by atoms with Crippen molar-refractivity contribution in [3.05, 3.63) is 22.1 Å². The summed E-state index contributed by atoms with van der Waals surface area (Å²) in [6.45, 7) is 4.61. The highest BCUT2D eigenvalue weighted by atomic mass is 32.1. The molecule has 0 bridgehead atoms. The van der Waals surface area contributed by atoms with Crippen LogP contribution in [0.4, 0.5) is 5.13 Å². The zero-order valence-corrected chi connectivity index (χ0v) is 12.1. The molecule has 0 spiro atoms. The summed E-state index contributed by atoms with van der Waals surface area (Å²) in [6.07, 6.45) is 1.97. The first kappa shape index (κ1) is 13.7. The van der Waals surface area contributed by atoms with Crippen LogP contribution in [0.3, 0.4) is 0 Å². The van der Waals surface area contributed by atoms with Crippen LogP contribution in [0.25, 0.3) is 10.6 Å². The molecule has 1 N–H and O–H groups in total. The molecule has 2 aromatic heterocycles. The summed E-state index contributed by atoms with van der Waals surface area (Å²) in [5.74, 6) is 0. The van der Waals surface area contributed by atoms with Crippen LogP contribution in [-0.2, 0) is 6.54 Å². The van der Waals surface area contributed by atoms with Crippen LogP contribution in [0, 0.1) is 6.92 Å². The van der Waals surface area contributed by atoms with Crippen molar-refractivity contribution in [3.63, 3.8) is 0 Å². The first-order valence-corrected chi connectivity index (χ1v) is 7.07. The van der Waals surface area contributed by atoms with Crippen molar-refractivity contribution in [2.75, 3.05) is 12.4 Å². The average Bonchev–Trinajstić information content (AvgIpc) is 2.88. The first-order valence-electron chi connectivity index (χ1n) is 6.26. The predicted molar refractivity (Wildman–Crippen MR) is 76.6 cm³/mol. The minimum absolute atomic E-state index is 0.0992. The van der Waals surface area contributed by atoms with E-state index in [1.165, 1.54) is 16.0 Å². The molecule has 0 aliphatic heterocycles. The summed E-state index contributed by atoms with van der Waals surface area (Å²) in [7, 11) is 1.78. The van der Waals surface area contributed by atoms with Crippen LogP contribution in [0.5, 0.6) is 0 Å². The maximum atomic E-state index is 12.3. The Morgan fingerprint density at radius 1 is 1.42 bits per heavy atom. The van der Waals surface area contributed by atoms with Gasteiger partial charge >= 0.3 is 0 Å². The maximum Gasteiger partial charge on any atom is 0.277 e. The molecule has 19 heavy (non-hydrogen) atoms. The van der Waals surface area contributed by atoms with Crippen LogP contribution < -0.4 is 10.9 Å². The molecule has 2 aromatic rings. The summed E-state index contributed by atoms with van der Waals surface area (Å²) >= 11 is 1.37. The molecule has 0 saturated heterocycles. The largest absolute Gasteiger partial charge is 0.363 e. The highest BCUT2D eigenvalue weighted by Crippen LogP contribution is 2.23. The predicted octanol–water partition coefficient (Wildman–Crippen LogP) is 1.91. The Morgan fingerprint density at radius 2 is 2.21 bits per heavy atom. The van der Waals surface area contributed by atoms with Gasteiger partial charge in [-0.15, -0.1) is 10.2 Å². The summed E-state index contributed by atoms with van der Waals surface area (Å²) in [6, 6.07) is 1.77. The van der Waals surface area contributed by atoms with Crippen molar-refractivity contribution < 1.29 is 0 Å². The van der Waals surface area contributed by atoms with Gasteiger partial charge in [0.25, 0.3) is 5.56 Å². The molecule has 0 atom stereocenters. The summed E-state index contributed by atoms with van der Waals surface area (Å²) in [5, 5.41) is 16.5. The normalized spacial score (nSPS) is 10.7. The van der Waals surface area contributed by atoms with E-state index in [2.05, 4.69) is 27.5 Å². The Hall–Kier alpha value is -1.76. The molecule has 0 aliphatic carbocycles. The number of unbranched alkanes of at least 4 members (excludes halogenated alkanes) is 1. The highest BCUT2D eigenvalue weighted by Gasteiger charge is 2.13. The van der Waals surface area contributed by atoms with Gasteiger partial charge in [0, 0.05) is 13.6 Å². The SMILES string of the molecule is CCCCn1nc(C)cc(-c2nnc(NC)s2)c1=O. The van der Waals surface area contributed by atoms with Gasteiger partial charge in [-0.2, -0.15) is 5.10 Å². The van der Waals surface area contributed by atoms with E-state index in [0.29, 0.717) is 22.2 Å². The molecule has 7 heteroatoms.